The van der Waals surface area contributed by atoms with Crippen molar-refractivity contribution in [3.05, 3.63) is 35.9 Å². The molecule has 0 saturated heterocycles. The maximum atomic E-state index is 4.94. The molecule has 0 unspecified atom stereocenters. The highest BCUT2D eigenvalue weighted by Crippen LogP contribution is 2.41. The highest BCUT2D eigenvalue weighted by atomic mass is 15.3. The summed E-state index contributed by atoms with van der Waals surface area (Å²) in [4.78, 5) is 9.15. The Morgan fingerprint density at radius 2 is 1.57 bits per heavy atom. The van der Waals surface area contributed by atoms with Crippen LogP contribution in [0, 0.1) is 5.41 Å². The second-order valence-corrected chi connectivity index (χ2v) is 6.77. The van der Waals surface area contributed by atoms with Gasteiger partial charge in [-0.2, -0.15) is 0 Å². The van der Waals surface area contributed by atoms with E-state index in [2.05, 4.69) is 68.3 Å². The van der Waals surface area contributed by atoms with Crippen molar-refractivity contribution in [3.8, 4) is 0 Å². The number of nitrogens with zero attached hydrogens (tertiary/aromatic N) is 3. The molecule has 116 valence electrons. The van der Waals surface area contributed by atoms with Crippen molar-refractivity contribution in [1.82, 2.24) is 9.80 Å². The number of benzene rings is 1. The minimum Gasteiger partial charge on any atom is -0.349 e. The fraction of sp³-hybridized carbons (Fsp3) is 0.611. The lowest BCUT2D eigenvalue weighted by Gasteiger charge is -2.30. The van der Waals surface area contributed by atoms with E-state index in [4.69, 9.17) is 4.99 Å². The molecule has 1 aromatic rings. The average Bonchev–Trinajstić information content (AvgIpc) is 2.88. The van der Waals surface area contributed by atoms with E-state index in [-0.39, 0.29) is 0 Å². The van der Waals surface area contributed by atoms with Crippen molar-refractivity contribution in [2.45, 2.75) is 32.1 Å². The molecule has 21 heavy (non-hydrogen) atoms. The third-order valence-electron chi connectivity index (χ3n) is 4.44. The normalized spacial score (nSPS) is 16.6. The van der Waals surface area contributed by atoms with Crippen LogP contribution in [0.25, 0.3) is 0 Å². The third kappa shape index (κ3) is 4.23. The molecule has 2 rings (SSSR count). The van der Waals surface area contributed by atoms with E-state index in [0.29, 0.717) is 5.41 Å². The summed E-state index contributed by atoms with van der Waals surface area (Å²) in [7, 11) is 8.27. The van der Waals surface area contributed by atoms with E-state index in [1.807, 2.05) is 0 Å². The summed E-state index contributed by atoms with van der Waals surface area (Å²) in [5.41, 5.74) is 1.81. The SMILES string of the molecule is CN(C)C(=NCC1(Cc2ccccc2)CCCC1)N(C)C. The number of rotatable bonds is 4. The molecule has 0 spiro atoms. The zero-order chi connectivity index (χ0) is 15.3. The van der Waals surface area contributed by atoms with Crippen molar-refractivity contribution < 1.29 is 0 Å². The molecule has 0 bridgehead atoms. The fourth-order valence-corrected chi connectivity index (χ4v) is 3.47. The van der Waals surface area contributed by atoms with Gasteiger partial charge in [-0.15, -0.1) is 0 Å². The van der Waals surface area contributed by atoms with Gasteiger partial charge in [-0.3, -0.25) is 4.99 Å². The van der Waals surface area contributed by atoms with Gasteiger partial charge >= 0.3 is 0 Å². The Kier molecular flexibility index (Phi) is 5.27. The monoisotopic (exact) mass is 287 g/mol. The minimum atomic E-state index is 0.360. The van der Waals surface area contributed by atoms with Gasteiger partial charge in [0.15, 0.2) is 5.96 Å². The van der Waals surface area contributed by atoms with Crippen molar-refractivity contribution in [3.63, 3.8) is 0 Å². The van der Waals surface area contributed by atoms with E-state index in [9.17, 15) is 0 Å². The first-order valence-corrected chi connectivity index (χ1v) is 7.95. The van der Waals surface area contributed by atoms with Gasteiger partial charge < -0.3 is 9.80 Å². The Labute approximate surface area is 129 Å². The van der Waals surface area contributed by atoms with Gasteiger partial charge in [-0.1, -0.05) is 43.2 Å². The molecule has 0 atom stereocenters. The summed E-state index contributed by atoms with van der Waals surface area (Å²) in [5.74, 6) is 1.06. The zero-order valence-electron chi connectivity index (χ0n) is 14.0. The lowest BCUT2D eigenvalue weighted by Crippen LogP contribution is -2.37. The van der Waals surface area contributed by atoms with Crippen LogP contribution in [0.2, 0.25) is 0 Å². The molecule has 0 aromatic heterocycles. The van der Waals surface area contributed by atoms with Crippen LogP contribution in [0.15, 0.2) is 35.3 Å². The first kappa shape index (κ1) is 15.9. The van der Waals surface area contributed by atoms with Crippen molar-refractivity contribution in [2.24, 2.45) is 10.4 Å². The molecule has 1 saturated carbocycles. The summed E-state index contributed by atoms with van der Waals surface area (Å²) < 4.78 is 0. The van der Waals surface area contributed by atoms with Crippen molar-refractivity contribution in [2.75, 3.05) is 34.7 Å². The highest BCUT2D eigenvalue weighted by Gasteiger charge is 2.34. The van der Waals surface area contributed by atoms with Crippen LogP contribution in [0.3, 0.4) is 0 Å². The quantitative estimate of drug-likeness (QED) is 0.625. The summed E-state index contributed by atoms with van der Waals surface area (Å²) in [6.45, 7) is 0.938. The van der Waals surface area contributed by atoms with Gasteiger partial charge in [-0.25, -0.2) is 0 Å². The predicted octanol–water partition coefficient (Wildman–Crippen LogP) is 3.27. The smallest absolute Gasteiger partial charge is 0.195 e. The Morgan fingerprint density at radius 3 is 2.10 bits per heavy atom. The number of aliphatic imine (C=N–C) groups is 1. The molecule has 0 heterocycles. The molecule has 1 aliphatic rings. The molecule has 3 heteroatoms. The lowest BCUT2D eigenvalue weighted by atomic mass is 9.80. The predicted molar refractivity (Wildman–Crippen MR) is 90.7 cm³/mol. The molecule has 0 N–H and O–H groups in total. The molecule has 0 amide bonds. The molecule has 1 fully saturated rings. The molecular formula is C18H29N3. The Morgan fingerprint density at radius 1 is 1.00 bits per heavy atom. The zero-order valence-corrected chi connectivity index (χ0v) is 14.0. The van der Waals surface area contributed by atoms with Crippen LogP contribution >= 0.6 is 0 Å². The van der Waals surface area contributed by atoms with E-state index < -0.39 is 0 Å². The van der Waals surface area contributed by atoms with E-state index in [1.165, 1.54) is 31.2 Å². The Hall–Kier alpha value is -1.51. The number of guanidine groups is 1. The second-order valence-electron chi connectivity index (χ2n) is 6.77. The van der Waals surface area contributed by atoms with Gasteiger partial charge in [0.05, 0.1) is 0 Å². The summed E-state index contributed by atoms with van der Waals surface area (Å²) >= 11 is 0. The fourth-order valence-electron chi connectivity index (χ4n) is 3.47. The topological polar surface area (TPSA) is 18.8 Å². The molecule has 0 radical (unpaired) electrons. The average molecular weight is 287 g/mol. The minimum absolute atomic E-state index is 0.360. The summed E-state index contributed by atoms with van der Waals surface area (Å²) in [5, 5.41) is 0. The molecular weight excluding hydrogens is 258 g/mol. The Bertz CT molecular complexity index is 447. The second kappa shape index (κ2) is 6.97. The lowest BCUT2D eigenvalue weighted by molar-refractivity contribution is 0.303. The first-order valence-electron chi connectivity index (χ1n) is 7.95. The molecule has 0 aliphatic heterocycles. The van der Waals surface area contributed by atoms with E-state index in [1.54, 1.807) is 0 Å². The van der Waals surface area contributed by atoms with Crippen LogP contribution in [-0.2, 0) is 6.42 Å². The highest BCUT2D eigenvalue weighted by molar-refractivity contribution is 5.79. The maximum Gasteiger partial charge on any atom is 0.195 e. The van der Waals surface area contributed by atoms with Crippen LogP contribution < -0.4 is 0 Å². The van der Waals surface area contributed by atoms with Crippen LogP contribution in [0.5, 0.6) is 0 Å². The standard InChI is InChI=1S/C18H29N3/c1-20(2)17(21(3)4)19-15-18(12-8-9-13-18)14-16-10-6-5-7-11-16/h5-7,10-11H,8-9,12-15H2,1-4H3. The van der Waals surface area contributed by atoms with E-state index >= 15 is 0 Å². The molecule has 1 aliphatic carbocycles. The van der Waals surface area contributed by atoms with Crippen molar-refractivity contribution in [1.29, 1.82) is 0 Å². The number of hydrogen-bond donors (Lipinski definition) is 0. The maximum absolute atomic E-state index is 4.94. The largest absolute Gasteiger partial charge is 0.349 e. The van der Waals surface area contributed by atoms with Gasteiger partial charge in [0.25, 0.3) is 0 Å². The van der Waals surface area contributed by atoms with Gasteiger partial charge in [-0.05, 0) is 30.2 Å². The third-order valence-corrected chi connectivity index (χ3v) is 4.44. The van der Waals surface area contributed by atoms with Crippen LogP contribution in [-0.4, -0.2) is 50.5 Å². The van der Waals surface area contributed by atoms with Crippen LogP contribution in [0.1, 0.15) is 31.2 Å². The Balaban J connectivity index is 2.13. The molecule has 3 nitrogen and oxygen atoms in total. The van der Waals surface area contributed by atoms with E-state index in [0.717, 1.165) is 18.9 Å². The summed E-state index contributed by atoms with van der Waals surface area (Å²) in [6.07, 6.45) is 6.47. The number of hydrogen-bond acceptors (Lipinski definition) is 1. The van der Waals surface area contributed by atoms with Crippen LogP contribution in [0.4, 0.5) is 0 Å². The molecule has 1 aromatic carbocycles. The summed E-state index contributed by atoms with van der Waals surface area (Å²) in [6, 6.07) is 10.9. The van der Waals surface area contributed by atoms with Crippen molar-refractivity contribution >= 4 is 5.96 Å². The van der Waals surface area contributed by atoms with Gasteiger partial charge in [0.1, 0.15) is 0 Å². The van der Waals surface area contributed by atoms with Gasteiger partial charge in [0.2, 0.25) is 0 Å². The van der Waals surface area contributed by atoms with Gasteiger partial charge in [0, 0.05) is 34.7 Å². The first-order chi connectivity index (χ1) is 10.0.